The lowest BCUT2D eigenvalue weighted by Gasteiger charge is -2.09. The van der Waals surface area contributed by atoms with Crippen LogP contribution >= 0.6 is 0 Å². The number of aryl methyl sites for hydroxylation is 1. The third-order valence-corrected chi connectivity index (χ3v) is 5.91. The Hall–Kier alpha value is -4.05. The Bertz CT molecular complexity index is 1540. The van der Waals surface area contributed by atoms with Gasteiger partial charge in [0, 0.05) is 17.9 Å². The molecule has 0 saturated heterocycles. The molecule has 4 heteroatoms. The number of rotatable bonds is 4. The third-order valence-electron chi connectivity index (χ3n) is 5.91. The number of nitrogens with one attached hydrogen (secondary N) is 1. The van der Waals surface area contributed by atoms with Crippen LogP contribution in [-0.4, -0.2) is 14.0 Å². The molecule has 0 aliphatic carbocycles. The van der Waals surface area contributed by atoms with Gasteiger partial charge in [0.05, 0.1) is 22.1 Å². The Balaban J connectivity index is 1.49. The molecule has 4 aromatic carbocycles. The van der Waals surface area contributed by atoms with Gasteiger partial charge in [0.1, 0.15) is 0 Å². The van der Waals surface area contributed by atoms with E-state index >= 15 is 0 Å². The van der Waals surface area contributed by atoms with Crippen LogP contribution in [0.4, 0.5) is 5.69 Å². The van der Waals surface area contributed by atoms with Gasteiger partial charge in [-0.2, -0.15) is 0 Å². The molecule has 0 amide bonds. The highest BCUT2D eigenvalue weighted by Gasteiger charge is 2.16. The summed E-state index contributed by atoms with van der Waals surface area (Å²) in [5, 5.41) is 3.55. The Labute approximate surface area is 180 Å². The predicted octanol–water partition coefficient (Wildman–Crippen LogP) is 6.35. The summed E-state index contributed by atoms with van der Waals surface area (Å²) in [6.07, 6.45) is 0. The topological polar surface area (TPSA) is 34.3 Å². The summed E-state index contributed by atoms with van der Waals surface area (Å²) in [4.78, 5) is 5.06. The van der Waals surface area contributed by atoms with Crippen molar-refractivity contribution in [1.29, 1.82) is 0 Å². The van der Waals surface area contributed by atoms with E-state index in [2.05, 4.69) is 112 Å². The SMILES string of the molecule is Cc1ccccc1NCc1ccc2c(c1)nc1n(-c3ccccc3)c3ccccc3n21. The summed E-state index contributed by atoms with van der Waals surface area (Å²) < 4.78 is 4.50. The number of anilines is 1. The molecular weight excluding hydrogens is 380 g/mol. The summed E-state index contributed by atoms with van der Waals surface area (Å²) in [5.74, 6) is 0.936. The lowest BCUT2D eigenvalue weighted by atomic mass is 10.1. The minimum atomic E-state index is 0.766. The minimum Gasteiger partial charge on any atom is -0.381 e. The fourth-order valence-corrected chi connectivity index (χ4v) is 4.36. The van der Waals surface area contributed by atoms with Crippen molar-refractivity contribution in [2.24, 2.45) is 0 Å². The molecule has 6 aromatic rings. The van der Waals surface area contributed by atoms with E-state index in [1.807, 2.05) is 6.07 Å². The zero-order valence-electron chi connectivity index (χ0n) is 17.3. The molecule has 2 aromatic heterocycles. The van der Waals surface area contributed by atoms with Gasteiger partial charge in [0.15, 0.2) is 0 Å². The number of benzene rings is 4. The minimum absolute atomic E-state index is 0.766. The van der Waals surface area contributed by atoms with E-state index in [1.165, 1.54) is 16.8 Å². The quantitative estimate of drug-likeness (QED) is 0.373. The molecule has 0 aliphatic rings. The number of hydrogen-bond donors (Lipinski definition) is 1. The van der Waals surface area contributed by atoms with E-state index in [0.717, 1.165) is 40.1 Å². The molecule has 1 N–H and O–H groups in total. The van der Waals surface area contributed by atoms with E-state index in [9.17, 15) is 0 Å². The molecule has 31 heavy (non-hydrogen) atoms. The summed E-state index contributed by atoms with van der Waals surface area (Å²) in [6, 6.07) is 33.9. The molecule has 0 fully saturated rings. The third kappa shape index (κ3) is 2.88. The fourth-order valence-electron chi connectivity index (χ4n) is 4.36. The second-order valence-electron chi connectivity index (χ2n) is 7.90. The first-order valence-corrected chi connectivity index (χ1v) is 10.5. The van der Waals surface area contributed by atoms with Gasteiger partial charge in [-0.05, 0) is 60.5 Å². The Morgan fingerprint density at radius 2 is 1.48 bits per heavy atom. The molecule has 0 spiro atoms. The molecule has 150 valence electrons. The van der Waals surface area contributed by atoms with Crippen molar-refractivity contribution in [2.45, 2.75) is 13.5 Å². The maximum absolute atomic E-state index is 5.06. The largest absolute Gasteiger partial charge is 0.381 e. The highest BCUT2D eigenvalue weighted by molar-refractivity contribution is 5.92. The van der Waals surface area contributed by atoms with Crippen LogP contribution in [0.25, 0.3) is 33.5 Å². The second kappa shape index (κ2) is 7.03. The van der Waals surface area contributed by atoms with Gasteiger partial charge in [-0.15, -0.1) is 0 Å². The van der Waals surface area contributed by atoms with Crippen LogP contribution in [-0.2, 0) is 6.54 Å². The Morgan fingerprint density at radius 3 is 2.32 bits per heavy atom. The van der Waals surface area contributed by atoms with Crippen LogP contribution in [0.3, 0.4) is 0 Å². The Morgan fingerprint density at radius 1 is 0.742 bits per heavy atom. The molecule has 2 heterocycles. The van der Waals surface area contributed by atoms with Crippen molar-refractivity contribution in [3.05, 3.63) is 108 Å². The van der Waals surface area contributed by atoms with Crippen LogP contribution in [0.15, 0.2) is 97.1 Å². The van der Waals surface area contributed by atoms with Gasteiger partial charge in [0.25, 0.3) is 0 Å². The van der Waals surface area contributed by atoms with Crippen molar-refractivity contribution in [1.82, 2.24) is 14.0 Å². The van der Waals surface area contributed by atoms with E-state index in [-0.39, 0.29) is 0 Å². The smallest absolute Gasteiger partial charge is 0.220 e. The first kappa shape index (κ1) is 17.8. The standard InChI is InChI=1S/C27H22N4/c1-19-9-5-6-12-22(19)28-18-20-15-16-24-23(17-20)29-27-30(21-10-3-2-4-11-21)25-13-7-8-14-26(25)31(24)27/h2-17,28H,18H2,1H3. The molecule has 0 bridgehead atoms. The first-order chi connectivity index (χ1) is 15.3. The maximum atomic E-state index is 5.06. The highest BCUT2D eigenvalue weighted by atomic mass is 15.2. The first-order valence-electron chi connectivity index (χ1n) is 10.5. The van der Waals surface area contributed by atoms with Crippen LogP contribution in [0, 0.1) is 6.92 Å². The van der Waals surface area contributed by atoms with Gasteiger partial charge in [-0.3, -0.25) is 8.97 Å². The number of imidazole rings is 2. The van der Waals surface area contributed by atoms with Crippen molar-refractivity contribution in [3.8, 4) is 5.69 Å². The van der Waals surface area contributed by atoms with Gasteiger partial charge < -0.3 is 5.32 Å². The summed E-state index contributed by atoms with van der Waals surface area (Å²) in [6.45, 7) is 2.89. The monoisotopic (exact) mass is 402 g/mol. The van der Waals surface area contributed by atoms with Gasteiger partial charge in [-0.25, -0.2) is 4.98 Å². The summed E-state index contributed by atoms with van der Waals surface area (Å²) >= 11 is 0. The molecule has 0 saturated carbocycles. The van der Waals surface area contributed by atoms with Gasteiger partial charge in [0.2, 0.25) is 5.78 Å². The molecule has 0 unspecified atom stereocenters. The van der Waals surface area contributed by atoms with Crippen molar-refractivity contribution >= 4 is 33.5 Å². The van der Waals surface area contributed by atoms with Gasteiger partial charge >= 0.3 is 0 Å². The fraction of sp³-hybridized carbons (Fsp3) is 0.0741. The number of para-hydroxylation sites is 4. The number of fused-ring (bicyclic) bond motifs is 5. The average molecular weight is 403 g/mol. The lowest BCUT2D eigenvalue weighted by molar-refractivity contribution is 1.11. The molecule has 0 aliphatic heterocycles. The zero-order chi connectivity index (χ0) is 20.8. The highest BCUT2D eigenvalue weighted by Crippen LogP contribution is 2.29. The maximum Gasteiger partial charge on any atom is 0.220 e. The summed E-state index contributed by atoms with van der Waals surface area (Å²) in [7, 11) is 0. The number of nitrogens with zero attached hydrogens (tertiary/aromatic N) is 3. The van der Waals surface area contributed by atoms with Gasteiger partial charge in [-0.1, -0.05) is 54.6 Å². The molecule has 4 nitrogen and oxygen atoms in total. The lowest BCUT2D eigenvalue weighted by Crippen LogP contribution is -2.00. The second-order valence-corrected chi connectivity index (χ2v) is 7.90. The normalized spacial score (nSPS) is 11.5. The Kier molecular flexibility index (Phi) is 4.03. The summed E-state index contributed by atoms with van der Waals surface area (Å²) in [5.41, 5.74) is 9.20. The van der Waals surface area contributed by atoms with E-state index in [0.29, 0.717) is 0 Å². The molecule has 6 rings (SSSR count). The number of hydrogen-bond acceptors (Lipinski definition) is 2. The van der Waals surface area contributed by atoms with Crippen LogP contribution < -0.4 is 5.32 Å². The van der Waals surface area contributed by atoms with Crippen LogP contribution in [0.5, 0.6) is 0 Å². The van der Waals surface area contributed by atoms with Crippen molar-refractivity contribution in [2.75, 3.05) is 5.32 Å². The number of aromatic nitrogens is 3. The van der Waals surface area contributed by atoms with Crippen molar-refractivity contribution < 1.29 is 0 Å². The average Bonchev–Trinajstić information content (AvgIpc) is 3.33. The molecule has 0 radical (unpaired) electrons. The molecule has 0 atom stereocenters. The van der Waals surface area contributed by atoms with E-state index < -0.39 is 0 Å². The van der Waals surface area contributed by atoms with E-state index in [4.69, 9.17) is 4.98 Å². The zero-order valence-corrected chi connectivity index (χ0v) is 17.3. The van der Waals surface area contributed by atoms with Crippen LogP contribution in [0.2, 0.25) is 0 Å². The van der Waals surface area contributed by atoms with Crippen LogP contribution in [0.1, 0.15) is 11.1 Å². The molecular formula is C27H22N4. The van der Waals surface area contributed by atoms with Crippen molar-refractivity contribution in [3.63, 3.8) is 0 Å². The van der Waals surface area contributed by atoms with E-state index in [1.54, 1.807) is 0 Å². The predicted molar refractivity (Wildman–Crippen MR) is 128 cm³/mol.